The molecule has 68 valence electrons. The third-order valence-electron chi connectivity index (χ3n) is 1.34. The molecule has 0 atom stereocenters. The Bertz CT molecular complexity index is 313. The molecule has 1 aromatic carbocycles. The monoisotopic (exact) mass is 282 g/mol. The first-order valence-electron chi connectivity index (χ1n) is 4.32. The molecule has 13 heavy (non-hydrogen) atoms. The van der Waals surface area contributed by atoms with Crippen LogP contribution in [0.1, 0.15) is 0 Å². The van der Waals surface area contributed by atoms with E-state index in [4.69, 9.17) is 4.74 Å². The number of benzene rings is 1. The van der Waals surface area contributed by atoms with E-state index in [-0.39, 0.29) is 0 Å². The van der Waals surface area contributed by atoms with Crippen LogP contribution < -0.4 is 4.74 Å². The van der Waals surface area contributed by atoms with Gasteiger partial charge in [0.1, 0.15) is 0 Å². The van der Waals surface area contributed by atoms with Crippen molar-refractivity contribution in [1.29, 1.82) is 0 Å². The van der Waals surface area contributed by atoms with E-state index in [1.54, 1.807) is 0 Å². The summed E-state index contributed by atoms with van der Waals surface area (Å²) in [4.78, 5) is 6.78. The summed E-state index contributed by atoms with van der Waals surface area (Å²) in [5.41, 5.74) is 0. The van der Waals surface area contributed by atoms with Crippen molar-refractivity contribution in [3.05, 3.63) is 30.3 Å². The van der Waals surface area contributed by atoms with Crippen molar-refractivity contribution >= 4 is 18.4 Å². The van der Waals surface area contributed by atoms with Gasteiger partial charge in [0, 0.05) is 0 Å². The van der Waals surface area contributed by atoms with Crippen molar-refractivity contribution < 1.29 is 4.74 Å². The molecule has 0 fully saturated rings. The molecular weight excluding hydrogens is 267 g/mol. The van der Waals surface area contributed by atoms with Gasteiger partial charge in [0.05, 0.1) is 0 Å². The predicted octanol–water partition coefficient (Wildman–Crippen LogP) is 2.90. The quantitative estimate of drug-likeness (QED) is 0.568. The topological polar surface area (TPSA) is 9.23 Å². The molecule has 0 spiro atoms. The van der Waals surface area contributed by atoms with Crippen LogP contribution in [-0.2, 0) is 0 Å². The third kappa shape index (κ3) is 4.84. The Morgan fingerprint density at radius 1 is 1.08 bits per heavy atom. The molecule has 0 aromatic heterocycles. The Balaban J connectivity index is 2.56. The first kappa shape index (κ1) is 10.5. The normalized spacial score (nSPS) is 10.1. The Kier molecular flexibility index (Phi) is 3.68. The standard InChI is InChI=1S/C8H5O.3CH3.Sn/c1-2-9-8-6-4-3-5-7-8;;;;/h3-7H;3*1H3;. The molecule has 0 aliphatic heterocycles. The maximum atomic E-state index is 5.27. The van der Waals surface area contributed by atoms with Crippen LogP contribution in [0.15, 0.2) is 30.3 Å². The fraction of sp³-hybridized carbons (Fsp3) is 0.273. The van der Waals surface area contributed by atoms with Gasteiger partial charge in [0.2, 0.25) is 0 Å². The minimum atomic E-state index is -1.96. The number of ether oxygens (including phenoxy) is 1. The summed E-state index contributed by atoms with van der Waals surface area (Å²) >= 11 is -1.96. The number of hydrogen-bond acceptors (Lipinski definition) is 1. The fourth-order valence-electron chi connectivity index (χ4n) is 0.726. The second kappa shape index (κ2) is 4.57. The third-order valence-corrected chi connectivity index (χ3v) is 3.77. The molecule has 0 heterocycles. The molecule has 0 aliphatic rings. The number of para-hydroxylation sites is 1. The van der Waals surface area contributed by atoms with Gasteiger partial charge in [-0.25, -0.2) is 0 Å². The molecule has 0 radical (unpaired) electrons. The second-order valence-corrected chi connectivity index (χ2v) is 17.4. The van der Waals surface area contributed by atoms with Gasteiger partial charge in [-0.3, -0.25) is 0 Å². The van der Waals surface area contributed by atoms with Crippen molar-refractivity contribution in [3.8, 4) is 15.8 Å². The van der Waals surface area contributed by atoms with Gasteiger partial charge in [0.15, 0.2) is 0 Å². The van der Waals surface area contributed by atoms with Crippen LogP contribution in [0.25, 0.3) is 0 Å². The van der Waals surface area contributed by atoms with Gasteiger partial charge in [-0.1, -0.05) is 0 Å². The molecule has 2 heteroatoms. The molecule has 0 saturated carbocycles. The maximum absolute atomic E-state index is 5.27. The van der Waals surface area contributed by atoms with Crippen LogP contribution in [0.2, 0.25) is 14.8 Å². The van der Waals surface area contributed by atoms with Crippen LogP contribution in [0.4, 0.5) is 0 Å². The zero-order valence-corrected chi connectivity index (χ0v) is 11.1. The van der Waals surface area contributed by atoms with Gasteiger partial charge in [0.25, 0.3) is 0 Å². The van der Waals surface area contributed by atoms with Gasteiger partial charge < -0.3 is 0 Å². The summed E-state index contributed by atoms with van der Waals surface area (Å²) in [5, 5.41) is 0. The van der Waals surface area contributed by atoms with Crippen molar-refractivity contribution in [2.75, 3.05) is 0 Å². The van der Waals surface area contributed by atoms with E-state index in [1.807, 2.05) is 30.3 Å². The van der Waals surface area contributed by atoms with E-state index in [0.717, 1.165) is 5.75 Å². The SMILES string of the molecule is [CH3][Sn]([CH3])([CH3])[C]#COc1ccccc1. The van der Waals surface area contributed by atoms with E-state index in [0.29, 0.717) is 0 Å². The molecule has 0 bridgehead atoms. The molecular formula is C11H14OSn. The van der Waals surface area contributed by atoms with Gasteiger partial charge in [-0.05, 0) is 0 Å². The summed E-state index contributed by atoms with van der Waals surface area (Å²) < 4.78 is 8.48. The summed E-state index contributed by atoms with van der Waals surface area (Å²) in [7, 11) is 0. The van der Waals surface area contributed by atoms with Crippen molar-refractivity contribution in [1.82, 2.24) is 0 Å². The van der Waals surface area contributed by atoms with Crippen LogP contribution in [0.3, 0.4) is 0 Å². The molecule has 1 nitrogen and oxygen atoms in total. The van der Waals surface area contributed by atoms with E-state index in [2.05, 4.69) is 24.9 Å². The Morgan fingerprint density at radius 2 is 1.69 bits per heavy atom. The molecule has 0 N–H and O–H groups in total. The predicted molar refractivity (Wildman–Crippen MR) is 58.2 cm³/mol. The molecule has 0 unspecified atom stereocenters. The first-order valence-corrected chi connectivity index (χ1v) is 14.3. The van der Waals surface area contributed by atoms with Gasteiger partial charge in [-0.2, -0.15) is 0 Å². The Labute approximate surface area is 84.0 Å². The summed E-state index contributed by atoms with van der Waals surface area (Å²) in [5.74, 6) is 0.825. The molecule has 0 amide bonds. The van der Waals surface area contributed by atoms with Crippen LogP contribution >= 0.6 is 0 Å². The number of hydrogen-bond donors (Lipinski definition) is 0. The fourth-order valence-corrected chi connectivity index (χ4v) is 1.75. The zero-order chi connectivity index (χ0) is 9.73. The first-order chi connectivity index (χ1) is 6.08. The van der Waals surface area contributed by atoms with E-state index >= 15 is 0 Å². The Hall–Kier alpha value is -0.621. The summed E-state index contributed by atoms with van der Waals surface area (Å²) in [6.45, 7) is 0. The zero-order valence-electron chi connectivity index (χ0n) is 8.29. The van der Waals surface area contributed by atoms with Crippen molar-refractivity contribution in [3.63, 3.8) is 0 Å². The van der Waals surface area contributed by atoms with Gasteiger partial charge >= 0.3 is 84.1 Å². The number of rotatable bonds is 1. The van der Waals surface area contributed by atoms with E-state index in [9.17, 15) is 0 Å². The van der Waals surface area contributed by atoms with Crippen molar-refractivity contribution in [2.45, 2.75) is 14.8 Å². The second-order valence-electron chi connectivity index (χ2n) is 3.89. The average Bonchev–Trinajstić information content (AvgIpc) is 2.04. The van der Waals surface area contributed by atoms with Crippen LogP contribution in [0, 0.1) is 10.0 Å². The summed E-state index contributed by atoms with van der Waals surface area (Å²) in [6, 6.07) is 9.66. The van der Waals surface area contributed by atoms with Crippen molar-refractivity contribution in [2.24, 2.45) is 0 Å². The minimum absolute atomic E-state index is 0.825. The van der Waals surface area contributed by atoms with E-state index in [1.165, 1.54) is 0 Å². The molecule has 1 aromatic rings. The molecule has 0 saturated heterocycles. The van der Waals surface area contributed by atoms with Crippen LogP contribution in [0.5, 0.6) is 5.75 Å². The summed E-state index contributed by atoms with van der Waals surface area (Å²) in [6.07, 6.45) is 2.78. The van der Waals surface area contributed by atoms with E-state index < -0.39 is 18.4 Å². The Morgan fingerprint density at radius 3 is 2.23 bits per heavy atom. The molecule has 0 aliphatic carbocycles. The molecule has 1 rings (SSSR count). The van der Waals surface area contributed by atoms with Crippen LogP contribution in [-0.4, -0.2) is 18.4 Å². The average molecular weight is 281 g/mol. The van der Waals surface area contributed by atoms with Gasteiger partial charge in [-0.15, -0.1) is 0 Å².